The third-order valence-electron chi connectivity index (χ3n) is 2.68. The van der Waals surface area contributed by atoms with Crippen LogP contribution >= 0.6 is 0 Å². The van der Waals surface area contributed by atoms with Gasteiger partial charge in [-0.25, -0.2) is 0 Å². The van der Waals surface area contributed by atoms with Crippen LogP contribution in [0.15, 0.2) is 0 Å². The Balaban J connectivity index is 2.69. The monoisotopic (exact) mass is 307 g/mol. The van der Waals surface area contributed by atoms with Gasteiger partial charge in [0.25, 0.3) is 5.91 Å². The molecule has 0 radical (unpaired) electrons. The van der Waals surface area contributed by atoms with Crippen molar-refractivity contribution in [2.75, 3.05) is 25.9 Å². The molecule has 7 nitrogen and oxygen atoms in total. The molecule has 0 atom stereocenters. The highest BCUT2D eigenvalue weighted by Gasteiger charge is 2.28. The van der Waals surface area contributed by atoms with Crippen molar-refractivity contribution >= 4 is 17.5 Å². The lowest BCUT2D eigenvalue weighted by molar-refractivity contribution is -0.138. The quantitative estimate of drug-likeness (QED) is 0.822. The number of hydrogen-bond acceptors (Lipinski definition) is 4. The lowest BCUT2D eigenvalue weighted by atomic mass is 10.2. The molecule has 0 bridgehead atoms. The van der Waals surface area contributed by atoms with Crippen LogP contribution in [0, 0.1) is 6.92 Å². The average molecular weight is 307 g/mol. The van der Waals surface area contributed by atoms with E-state index in [4.69, 9.17) is 5.73 Å². The summed E-state index contributed by atoms with van der Waals surface area (Å²) in [6.45, 7) is -0.346. The van der Waals surface area contributed by atoms with Gasteiger partial charge in [-0.1, -0.05) is 0 Å². The fraction of sp³-hybridized carbons (Fsp3) is 0.545. The van der Waals surface area contributed by atoms with Crippen molar-refractivity contribution in [3.63, 3.8) is 0 Å². The van der Waals surface area contributed by atoms with Crippen LogP contribution in [0.2, 0.25) is 0 Å². The summed E-state index contributed by atoms with van der Waals surface area (Å²) in [5, 5.41) is 5.64. The Morgan fingerprint density at radius 1 is 1.43 bits per heavy atom. The number of likely N-dealkylation sites (N-methyl/N-ethyl adjacent to an activating group) is 1. The van der Waals surface area contributed by atoms with Crippen molar-refractivity contribution in [1.29, 1.82) is 0 Å². The van der Waals surface area contributed by atoms with Crippen molar-refractivity contribution in [2.24, 2.45) is 7.05 Å². The zero-order valence-corrected chi connectivity index (χ0v) is 11.8. The van der Waals surface area contributed by atoms with Gasteiger partial charge in [-0.3, -0.25) is 14.3 Å². The summed E-state index contributed by atoms with van der Waals surface area (Å²) in [6, 6.07) is 0. The number of rotatable bonds is 4. The van der Waals surface area contributed by atoms with E-state index in [9.17, 15) is 22.8 Å². The molecular weight excluding hydrogens is 291 g/mol. The summed E-state index contributed by atoms with van der Waals surface area (Å²) >= 11 is 0. The van der Waals surface area contributed by atoms with E-state index in [0.29, 0.717) is 5.69 Å². The molecule has 1 aromatic rings. The van der Waals surface area contributed by atoms with E-state index in [-0.39, 0.29) is 11.4 Å². The van der Waals surface area contributed by atoms with Crippen LogP contribution in [0.25, 0.3) is 0 Å². The molecule has 0 saturated carbocycles. The molecule has 0 aliphatic carbocycles. The lowest BCUT2D eigenvalue weighted by Crippen LogP contribution is -2.42. The number of aromatic nitrogens is 2. The predicted molar refractivity (Wildman–Crippen MR) is 68.4 cm³/mol. The van der Waals surface area contributed by atoms with E-state index in [1.807, 2.05) is 0 Å². The van der Waals surface area contributed by atoms with Gasteiger partial charge in [0.05, 0.1) is 17.9 Å². The molecule has 0 saturated heterocycles. The van der Waals surface area contributed by atoms with E-state index in [0.717, 1.165) is 4.90 Å². The van der Waals surface area contributed by atoms with Crippen molar-refractivity contribution in [3.8, 4) is 0 Å². The molecule has 10 heteroatoms. The van der Waals surface area contributed by atoms with E-state index in [1.54, 1.807) is 12.2 Å². The molecule has 0 spiro atoms. The Morgan fingerprint density at radius 2 is 2.00 bits per heavy atom. The summed E-state index contributed by atoms with van der Waals surface area (Å²) in [6.07, 6.45) is -4.50. The molecule has 0 aliphatic heterocycles. The maximum Gasteiger partial charge on any atom is 0.405 e. The Labute approximate surface area is 118 Å². The zero-order valence-electron chi connectivity index (χ0n) is 11.8. The number of carbonyl (C=O) groups excluding carboxylic acids is 2. The minimum Gasteiger partial charge on any atom is -0.395 e. The minimum absolute atomic E-state index is 0.0821. The number of aryl methyl sites for hydroxylation is 2. The third-order valence-corrected chi connectivity index (χ3v) is 2.68. The molecule has 3 N–H and O–H groups in total. The van der Waals surface area contributed by atoms with Gasteiger partial charge in [0.2, 0.25) is 5.91 Å². The number of hydrogen-bond donors (Lipinski definition) is 2. The van der Waals surface area contributed by atoms with Gasteiger partial charge >= 0.3 is 6.18 Å². The van der Waals surface area contributed by atoms with Crippen LogP contribution < -0.4 is 11.1 Å². The minimum atomic E-state index is -4.50. The van der Waals surface area contributed by atoms with Gasteiger partial charge in [0, 0.05) is 14.1 Å². The standard InChI is InChI=1S/C11H16F3N5O2/c1-6-8(15)9(19(3)17-6)10(21)18(2)4-7(20)16-5-11(12,13)14/h4-5,15H2,1-3H3,(H,16,20). The van der Waals surface area contributed by atoms with Gasteiger partial charge < -0.3 is 16.0 Å². The predicted octanol–water partition coefficient (Wildman–Crippen LogP) is 0.0612. The molecule has 0 fully saturated rings. The first-order chi connectivity index (χ1) is 9.53. The van der Waals surface area contributed by atoms with Crippen LogP contribution in [0.5, 0.6) is 0 Å². The number of carbonyl (C=O) groups is 2. The molecule has 2 amide bonds. The number of nitrogens with two attached hydrogens (primary N) is 1. The second-order valence-corrected chi connectivity index (χ2v) is 4.52. The summed E-state index contributed by atoms with van der Waals surface area (Å²) in [4.78, 5) is 24.4. The number of amides is 2. The zero-order chi connectivity index (χ0) is 16.4. The van der Waals surface area contributed by atoms with Crippen molar-refractivity contribution in [1.82, 2.24) is 20.0 Å². The molecule has 21 heavy (non-hydrogen) atoms. The molecule has 1 rings (SSSR count). The van der Waals surface area contributed by atoms with Gasteiger partial charge in [-0.15, -0.1) is 0 Å². The lowest BCUT2D eigenvalue weighted by Gasteiger charge is -2.17. The normalized spacial score (nSPS) is 11.3. The molecule has 118 valence electrons. The second-order valence-electron chi connectivity index (χ2n) is 4.52. The van der Waals surface area contributed by atoms with Gasteiger partial charge in [0.15, 0.2) is 0 Å². The molecular formula is C11H16F3N5O2. The molecule has 0 aliphatic rings. The number of anilines is 1. The second kappa shape index (κ2) is 6.02. The summed E-state index contributed by atoms with van der Waals surface area (Å²) < 4.78 is 37.1. The molecule has 0 aromatic carbocycles. The number of nitrogens with zero attached hydrogens (tertiary/aromatic N) is 3. The molecule has 1 aromatic heterocycles. The number of nitrogens with one attached hydrogen (secondary N) is 1. The number of halogens is 3. The summed E-state index contributed by atoms with van der Waals surface area (Å²) in [7, 11) is 2.80. The van der Waals surface area contributed by atoms with Crippen molar-refractivity contribution in [3.05, 3.63) is 11.4 Å². The van der Waals surface area contributed by atoms with Crippen LogP contribution in [0.1, 0.15) is 16.2 Å². The topological polar surface area (TPSA) is 93.2 Å². The van der Waals surface area contributed by atoms with Gasteiger partial charge in [0.1, 0.15) is 12.2 Å². The Hall–Kier alpha value is -2.26. The maximum atomic E-state index is 12.1. The van der Waals surface area contributed by atoms with E-state index >= 15 is 0 Å². The largest absolute Gasteiger partial charge is 0.405 e. The Morgan fingerprint density at radius 3 is 2.43 bits per heavy atom. The van der Waals surface area contributed by atoms with E-state index in [2.05, 4.69) is 5.10 Å². The summed E-state index contributed by atoms with van der Waals surface area (Å²) in [5.74, 6) is -1.52. The van der Waals surface area contributed by atoms with Crippen LogP contribution in [-0.2, 0) is 11.8 Å². The third kappa shape index (κ3) is 4.36. The van der Waals surface area contributed by atoms with Gasteiger partial charge in [-0.2, -0.15) is 18.3 Å². The molecule has 1 heterocycles. The van der Waals surface area contributed by atoms with Gasteiger partial charge in [-0.05, 0) is 6.92 Å². The first kappa shape index (κ1) is 16.8. The number of alkyl halides is 3. The highest BCUT2D eigenvalue weighted by Crippen LogP contribution is 2.17. The van der Waals surface area contributed by atoms with Crippen LogP contribution in [-0.4, -0.2) is 52.8 Å². The van der Waals surface area contributed by atoms with E-state index < -0.39 is 31.1 Å². The number of nitrogen functional groups attached to an aromatic ring is 1. The highest BCUT2D eigenvalue weighted by atomic mass is 19.4. The van der Waals surface area contributed by atoms with Crippen LogP contribution in [0.3, 0.4) is 0 Å². The van der Waals surface area contributed by atoms with E-state index in [1.165, 1.54) is 18.8 Å². The molecule has 0 unspecified atom stereocenters. The first-order valence-electron chi connectivity index (χ1n) is 5.91. The van der Waals surface area contributed by atoms with Crippen molar-refractivity contribution < 1.29 is 22.8 Å². The average Bonchev–Trinajstić information content (AvgIpc) is 2.59. The summed E-state index contributed by atoms with van der Waals surface area (Å²) in [5.41, 5.74) is 6.42. The fourth-order valence-electron chi connectivity index (χ4n) is 1.65. The SMILES string of the molecule is Cc1nn(C)c(C(=O)N(C)CC(=O)NCC(F)(F)F)c1N. The van der Waals surface area contributed by atoms with Crippen LogP contribution in [0.4, 0.5) is 18.9 Å². The maximum absolute atomic E-state index is 12.1. The highest BCUT2D eigenvalue weighted by molar-refractivity contribution is 5.99. The smallest absolute Gasteiger partial charge is 0.395 e. The first-order valence-corrected chi connectivity index (χ1v) is 5.91. The fourth-order valence-corrected chi connectivity index (χ4v) is 1.65. The van der Waals surface area contributed by atoms with Crippen molar-refractivity contribution in [2.45, 2.75) is 13.1 Å². The Kier molecular flexibility index (Phi) is 4.81. The Bertz CT molecular complexity index is 553.